The van der Waals surface area contributed by atoms with Gasteiger partial charge in [0.15, 0.2) is 0 Å². The van der Waals surface area contributed by atoms with Gasteiger partial charge in [-0.25, -0.2) is 0 Å². The van der Waals surface area contributed by atoms with Gasteiger partial charge in [0.2, 0.25) is 0 Å². The zero-order valence-electron chi connectivity index (χ0n) is 16.5. The van der Waals surface area contributed by atoms with Gasteiger partial charge in [0.25, 0.3) is 0 Å². The van der Waals surface area contributed by atoms with Crippen molar-refractivity contribution in [2.75, 3.05) is 0 Å². The molecule has 0 amide bonds. The Kier molecular flexibility index (Phi) is 6.06. The fourth-order valence-electron chi connectivity index (χ4n) is 2.69. The van der Waals surface area contributed by atoms with Gasteiger partial charge < -0.3 is 5.11 Å². The van der Waals surface area contributed by atoms with Crippen molar-refractivity contribution in [1.29, 1.82) is 0 Å². The van der Waals surface area contributed by atoms with E-state index in [1.807, 2.05) is 6.21 Å². The van der Waals surface area contributed by atoms with Gasteiger partial charge >= 0.3 is 0 Å². The standard InChI is InChI=1S/C21H35NO/c1-10-18(14(2)3)22-13-15-11-16(20(4,5)6)12-17(19(15)23)21(7,8)9/h11-14,18,23H,10H2,1-9H3/t18-/m1/s1. The van der Waals surface area contributed by atoms with Crippen molar-refractivity contribution in [3.8, 4) is 5.75 Å². The van der Waals surface area contributed by atoms with Crippen LogP contribution in [-0.4, -0.2) is 17.4 Å². The summed E-state index contributed by atoms with van der Waals surface area (Å²) in [6, 6.07) is 4.53. The lowest BCUT2D eigenvalue weighted by Crippen LogP contribution is -2.18. The minimum absolute atomic E-state index is 0.0402. The lowest BCUT2D eigenvalue weighted by Gasteiger charge is -2.27. The molecule has 1 rings (SSSR count). The molecule has 1 N–H and O–H groups in total. The molecule has 0 spiro atoms. The highest BCUT2D eigenvalue weighted by atomic mass is 16.3. The van der Waals surface area contributed by atoms with Crippen LogP contribution in [0.3, 0.4) is 0 Å². The molecule has 0 saturated carbocycles. The van der Waals surface area contributed by atoms with E-state index in [1.54, 1.807) is 0 Å². The van der Waals surface area contributed by atoms with Crippen molar-refractivity contribution >= 4 is 6.21 Å². The Bertz CT molecular complexity index is 556. The van der Waals surface area contributed by atoms with Crippen LogP contribution in [0.2, 0.25) is 0 Å². The molecule has 1 atom stereocenters. The molecule has 2 nitrogen and oxygen atoms in total. The monoisotopic (exact) mass is 317 g/mol. The van der Waals surface area contributed by atoms with Gasteiger partial charge in [0.05, 0.1) is 6.04 Å². The molecule has 0 heterocycles. The normalized spacial score (nSPS) is 14.7. The molecule has 0 aliphatic carbocycles. The maximum atomic E-state index is 10.7. The van der Waals surface area contributed by atoms with Crippen LogP contribution >= 0.6 is 0 Å². The number of hydrogen-bond donors (Lipinski definition) is 1. The maximum Gasteiger partial charge on any atom is 0.128 e. The van der Waals surface area contributed by atoms with Crippen LogP contribution in [0.1, 0.15) is 85.4 Å². The predicted molar refractivity (Wildman–Crippen MR) is 102 cm³/mol. The number of rotatable bonds is 4. The molecule has 0 aliphatic rings. The number of phenolic OH excluding ortho intramolecular Hbond substituents is 1. The lowest BCUT2D eigenvalue weighted by molar-refractivity contribution is 0.443. The van der Waals surface area contributed by atoms with Gasteiger partial charge in [-0.1, -0.05) is 68.4 Å². The third kappa shape index (κ3) is 5.09. The summed E-state index contributed by atoms with van der Waals surface area (Å²) in [5.41, 5.74) is 3.00. The molecule has 1 aromatic carbocycles. The van der Waals surface area contributed by atoms with E-state index in [2.05, 4.69) is 74.4 Å². The van der Waals surface area contributed by atoms with Crippen molar-refractivity contribution in [2.45, 2.75) is 85.6 Å². The minimum atomic E-state index is -0.101. The molecular weight excluding hydrogens is 282 g/mol. The first kappa shape index (κ1) is 19.7. The number of phenols is 1. The third-order valence-electron chi connectivity index (χ3n) is 4.41. The number of aliphatic imine (C=N–C) groups is 1. The molecule has 2 heteroatoms. The van der Waals surface area contributed by atoms with Crippen LogP contribution in [-0.2, 0) is 10.8 Å². The summed E-state index contributed by atoms with van der Waals surface area (Å²) in [4.78, 5) is 4.73. The van der Waals surface area contributed by atoms with Gasteiger partial charge in [0.1, 0.15) is 5.75 Å². The van der Waals surface area contributed by atoms with Crippen LogP contribution in [0.15, 0.2) is 17.1 Å². The van der Waals surface area contributed by atoms with Crippen molar-refractivity contribution in [2.24, 2.45) is 10.9 Å². The van der Waals surface area contributed by atoms with Crippen molar-refractivity contribution in [3.63, 3.8) is 0 Å². The summed E-state index contributed by atoms with van der Waals surface area (Å²) in [6.45, 7) is 19.6. The minimum Gasteiger partial charge on any atom is -0.507 e. The second-order valence-corrected chi connectivity index (χ2v) is 8.96. The first-order valence-corrected chi connectivity index (χ1v) is 8.79. The zero-order chi connectivity index (χ0) is 18.0. The Balaban J connectivity index is 3.44. The molecule has 0 aromatic heterocycles. The first-order chi connectivity index (χ1) is 10.4. The highest BCUT2D eigenvalue weighted by molar-refractivity contribution is 5.85. The van der Waals surface area contributed by atoms with Gasteiger partial charge in [-0.05, 0) is 34.8 Å². The summed E-state index contributed by atoms with van der Waals surface area (Å²) in [5.74, 6) is 0.874. The van der Waals surface area contributed by atoms with Crippen LogP contribution in [0.5, 0.6) is 5.75 Å². The van der Waals surface area contributed by atoms with Gasteiger partial charge in [0, 0.05) is 17.3 Å². The quantitative estimate of drug-likeness (QED) is 0.695. The van der Waals surface area contributed by atoms with Gasteiger partial charge in [-0.15, -0.1) is 0 Å². The number of aromatic hydroxyl groups is 1. The largest absolute Gasteiger partial charge is 0.507 e. The van der Waals surface area contributed by atoms with E-state index < -0.39 is 0 Å². The van der Waals surface area contributed by atoms with E-state index in [0.717, 1.165) is 17.5 Å². The van der Waals surface area contributed by atoms with Crippen molar-refractivity contribution < 1.29 is 5.11 Å². The molecule has 0 bridgehead atoms. The van der Waals surface area contributed by atoms with E-state index >= 15 is 0 Å². The first-order valence-electron chi connectivity index (χ1n) is 8.79. The fraction of sp³-hybridized carbons (Fsp3) is 0.667. The average Bonchev–Trinajstić information content (AvgIpc) is 2.37. The van der Waals surface area contributed by atoms with Crippen LogP contribution in [0.4, 0.5) is 0 Å². The van der Waals surface area contributed by atoms with E-state index in [4.69, 9.17) is 4.99 Å². The second-order valence-electron chi connectivity index (χ2n) is 8.96. The van der Waals surface area contributed by atoms with Gasteiger partial charge in [-0.3, -0.25) is 4.99 Å². The molecule has 0 radical (unpaired) electrons. The van der Waals surface area contributed by atoms with Crippen molar-refractivity contribution in [1.82, 2.24) is 0 Å². The fourth-order valence-corrected chi connectivity index (χ4v) is 2.69. The Morgan fingerprint density at radius 2 is 1.61 bits per heavy atom. The molecular formula is C21H35NO. The maximum absolute atomic E-state index is 10.7. The summed E-state index contributed by atoms with van der Waals surface area (Å²) in [5, 5.41) is 10.7. The average molecular weight is 318 g/mol. The van der Waals surface area contributed by atoms with E-state index in [0.29, 0.717) is 17.7 Å². The predicted octanol–water partition coefficient (Wildman–Crippen LogP) is 5.84. The molecule has 0 aliphatic heterocycles. The highest BCUT2D eigenvalue weighted by Crippen LogP contribution is 2.37. The summed E-state index contributed by atoms with van der Waals surface area (Å²) < 4.78 is 0. The molecule has 1 aromatic rings. The number of nitrogens with zero attached hydrogens (tertiary/aromatic N) is 1. The third-order valence-corrected chi connectivity index (χ3v) is 4.41. The Morgan fingerprint density at radius 3 is 2.00 bits per heavy atom. The van der Waals surface area contributed by atoms with Gasteiger partial charge in [-0.2, -0.15) is 0 Å². The second kappa shape index (κ2) is 7.07. The lowest BCUT2D eigenvalue weighted by atomic mass is 9.79. The Morgan fingerprint density at radius 1 is 1.04 bits per heavy atom. The van der Waals surface area contributed by atoms with E-state index in [1.165, 1.54) is 5.56 Å². The number of benzene rings is 1. The number of hydrogen-bond acceptors (Lipinski definition) is 2. The van der Waals surface area contributed by atoms with Crippen molar-refractivity contribution in [3.05, 3.63) is 28.8 Å². The SMILES string of the molecule is CC[C@@H](N=Cc1cc(C(C)(C)C)cc(C(C)(C)C)c1O)C(C)C. The van der Waals surface area contributed by atoms with E-state index in [-0.39, 0.29) is 10.8 Å². The molecule has 0 fully saturated rings. The molecule has 0 unspecified atom stereocenters. The Hall–Kier alpha value is -1.31. The molecule has 130 valence electrons. The van der Waals surface area contributed by atoms with Crippen LogP contribution < -0.4 is 0 Å². The van der Waals surface area contributed by atoms with E-state index in [9.17, 15) is 5.11 Å². The zero-order valence-corrected chi connectivity index (χ0v) is 16.5. The van der Waals surface area contributed by atoms with Crippen LogP contribution in [0, 0.1) is 5.92 Å². The molecule has 0 saturated heterocycles. The summed E-state index contributed by atoms with van der Waals surface area (Å²) in [6.07, 6.45) is 2.88. The highest BCUT2D eigenvalue weighted by Gasteiger charge is 2.24. The topological polar surface area (TPSA) is 32.6 Å². The summed E-state index contributed by atoms with van der Waals surface area (Å²) in [7, 11) is 0. The van der Waals surface area contributed by atoms with Crippen LogP contribution in [0.25, 0.3) is 0 Å². The summed E-state index contributed by atoms with van der Waals surface area (Å²) >= 11 is 0. The smallest absolute Gasteiger partial charge is 0.128 e. The Labute approximate surface area is 143 Å². The molecule has 23 heavy (non-hydrogen) atoms.